The average molecular weight is 475 g/mol. The molecular weight excluding hydrogens is 444 g/mol. The maximum absolute atomic E-state index is 13.8. The van der Waals surface area contributed by atoms with E-state index < -0.39 is 10.2 Å². The summed E-state index contributed by atoms with van der Waals surface area (Å²) in [5, 5.41) is 0. The van der Waals surface area contributed by atoms with Gasteiger partial charge < -0.3 is 4.90 Å². The van der Waals surface area contributed by atoms with E-state index >= 15 is 0 Å². The summed E-state index contributed by atoms with van der Waals surface area (Å²) >= 11 is 0. The summed E-state index contributed by atoms with van der Waals surface area (Å²) in [5.41, 5.74) is 6.38. The molecule has 0 saturated carbocycles. The fourth-order valence-corrected chi connectivity index (χ4v) is 5.88. The van der Waals surface area contributed by atoms with E-state index in [1.54, 1.807) is 48.3 Å². The fraction of sp³-hybridized carbons (Fsp3) is 0.409. The number of nitrogens with one attached hydrogen (secondary N) is 2. The molecule has 11 heteroatoms. The highest BCUT2D eigenvalue weighted by atomic mass is 32.2. The molecule has 33 heavy (non-hydrogen) atoms. The summed E-state index contributed by atoms with van der Waals surface area (Å²) in [6, 6.07) is 11.6. The van der Waals surface area contributed by atoms with E-state index in [1.807, 2.05) is 19.9 Å². The summed E-state index contributed by atoms with van der Waals surface area (Å²) < 4.78 is 30.3. The lowest BCUT2D eigenvalue weighted by molar-refractivity contribution is -0.135. The Balaban J connectivity index is 1.90. The molecule has 2 aromatic rings. The van der Waals surface area contributed by atoms with Gasteiger partial charge in [0.15, 0.2) is 0 Å². The zero-order valence-corrected chi connectivity index (χ0v) is 20.0. The monoisotopic (exact) mass is 474 g/mol. The van der Waals surface area contributed by atoms with Gasteiger partial charge >= 0.3 is 10.2 Å². The van der Waals surface area contributed by atoms with Crippen molar-refractivity contribution < 1.29 is 18.0 Å². The summed E-state index contributed by atoms with van der Waals surface area (Å²) in [6.07, 6.45) is 1.41. The number of para-hydroxylation sites is 1. The Labute approximate surface area is 194 Å². The molecule has 2 atom stereocenters. The van der Waals surface area contributed by atoms with Crippen molar-refractivity contribution >= 4 is 27.7 Å². The Morgan fingerprint density at radius 2 is 1.73 bits per heavy atom. The molecule has 2 amide bonds. The summed E-state index contributed by atoms with van der Waals surface area (Å²) in [4.78, 5) is 30.0. The predicted molar refractivity (Wildman–Crippen MR) is 125 cm³/mol. The van der Waals surface area contributed by atoms with Crippen LogP contribution >= 0.6 is 0 Å². The number of hydrazine groups is 1. The minimum Gasteiger partial charge on any atom is -0.335 e. The third kappa shape index (κ3) is 5.49. The largest absolute Gasteiger partial charge is 0.335 e. The normalized spacial score (nSPS) is 19.2. The van der Waals surface area contributed by atoms with Gasteiger partial charge in [0, 0.05) is 45.3 Å². The molecule has 3 rings (SSSR count). The molecule has 178 valence electrons. The Morgan fingerprint density at radius 3 is 2.24 bits per heavy atom. The molecule has 0 unspecified atom stereocenters. The number of anilines is 1. The molecule has 2 heterocycles. The van der Waals surface area contributed by atoms with E-state index in [4.69, 9.17) is 0 Å². The van der Waals surface area contributed by atoms with Crippen molar-refractivity contribution in [2.75, 3.05) is 24.4 Å². The smallest absolute Gasteiger partial charge is 0.304 e. The molecule has 1 aliphatic heterocycles. The number of aromatic nitrogens is 1. The number of nitrogens with zero attached hydrogens (tertiary/aromatic N) is 4. The van der Waals surface area contributed by atoms with Gasteiger partial charge in [-0.3, -0.25) is 24.3 Å². The van der Waals surface area contributed by atoms with Crippen molar-refractivity contribution in [3.8, 4) is 0 Å². The maximum Gasteiger partial charge on any atom is 0.304 e. The van der Waals surface area contributed by atoms with Gasteiger partial charge in [-0.1, -0.05) is 18.2 Å². The quantitative estimate of drug-likeness (QED) is 0.582. The van der Waals surface area contributed by atoms with Crippen LogP contribution in [-0.2, 0) is 21.5 Å². The molecule has 1 fully saturated rings. The van der Waals surface area contributed by atoms with Crippen LogP contribution in [0.5, 0.6) is 0 Å². The van der Waals surface area contributed by atoms with Gasteiger partial charge in [0.2, 0.25) is 5.91 Å². The van der Waals surface area contributed by atoms with Crippen LogP contribution < -0.4 is 15.2 Å². The predicted octanol–water partition coefficient (Wildman–Crippen LogP) is 1.14. The molecular formula is C22H30N6O4S. The van der Waals surface area contributed by atoms with Crippen molar-refractivity contribution in [2.45, 2.75) is 39.4 Å². The van der Waals surface area contributed by atoms with Gasteiger partial charge in [0.1, 0.15) is 0 Å². The van der Waals surface area contributed by atoms with Crippen molar-refractivity contribution in [2.24, 2.45) is 0 Å². The van der Waals surface area contributed by atoms with Crippen LogP contribution in [0.3, 0.4) is 0 Å². The van der Waals surface area contributed by atoms with E-state index in [2.05, 4.69) is 15.8 Å². The molecule has 1 aliphatic rings. The number of rotatable bonds is 7. The Hall–Kier alpha value is -3.02. The van der Waals surface area contributed by atoms with Crippen LogP contribution in [0.15, 0.2) is 48.7 Å². The number of benzene rings is 1. The zero-order chi connectivity index (χ0) is 24.2. The second-order valence-corrected chi connectivity index (χ2v) is 9.89. The molecule has 10 nitrogen and oxygen atoms in total. The third-order valence-corrected chi connectivity index (χ3v) is 7.38. The first-order valence-corrected chi connectivity index (χ1v) is 12.1. The van der Waals surface area contributed by atoms with Crippen LogP contribution in [0, 0.1) is 0 Å². The molecule has 0 aliphatic carbocycles. The standard InChI is InChI=1S/C22H30N6O4S/c1-16-13-26(14-17(2)28(16)18(3)29)33(31,32)27(21-8-6-5-7-9-21)15-20-11-10-19(12-24-20)22(30)25-23-4/h5-12,16-17,23H,13-15H2,1-4H3,(H,25,30)/t16-,17+. The first-order chi connectivity index (χ1) is 15.6. The fourth-order valence-electron chi connectivity index (χ4n) is 4.11. The van der Waals surface area contributed by atoms with Crippen molar-refractivity contribution in [3.63, 3.8) is 0 Å². The van der Waals surface area contributed by atoms with Crippen molar-refractivity contribution in [1.29, 1.82) is 0 Å². The number of hydrogen-bond acceptors (Lipinski definition) is 6. The van der Waals surface area contributed by atoms with Crippen LogP contribution in [0.4, 0.5) is 5.69 Å². The SMILES string of the molecule is CNNC(=O)c1ccc(CN(c2ccccc2)S(=O)(=O)N2C[C@@H](C)N(C(C)=O)[C@@H](C)C2)nc1. The van der Waals surface area contributed by atoms with Crippen LogP contribution in [0.2, 0.25) is 0 Å². The summed E-state index contributed by atoms with van der Waals surface area (Å²) in [5.74, 6) is -0.408. The lowest BCUT2D eigenvalue weighted by Gasteiger charge is -2.44. The highest BCUT2D eigenvalue weighted by Crippen LogP contribution is 2.26. The lowest BCUT2D eigenvalue weighted by Crippen LogP contribution is -2.61. The molecule has 1 saturated heterocycles. The van der Waals surface area contributed by atoms with Gasteiger partial charge in [-0.25, -0.2) is 5.43 Å². The minimum absolute atomic E-state index is 0.00401. The number of carbonyl (C=O) groups excluding carboxylic acids is 2. The number of piperazine rings is 1. The Kier molecular flexibility index (Phi) is 7.67. The average Bonchev–Trinajstić information content (AvgIpc) is 2.77. The Bertz CT molecular complexity index is 1070. The van der Waals surface area contributed by atoms with Gasteiger partial charge in [0.05, 0.1) is 23.5 Å². The van der Waals surface area contributed by atoms with Crippen molar-refractivity contribution in [3.05, 3.63) is 59.9 Å². The summed E-state index contributed by atoms with van der Waals surface area (Å²) in [6.45, 7) is 5.60. The van der Waals surface area contributed by atoms with Crippen LogP contribution in [0.1, 0.15) is 36.8 Å². The first kappa shape index (κ1) is 24.6. The third-order valence-electron chi connectivity index (χ3n) is 5.53. The summed E-state index contributed by atoms with van der Waals surface area (Å²) in [7, 11) is -2.34. The molecule has 1 aromatic carbocycles. The van der Waals surface area contributed by atoms with E-state index in [1.165, 1.54) is 21.7 Å². The lowest BCUT2D eigenvalue weighted by atomic mass is 10.1. The van der Waals surface area contributed by atoms with Gasteiger partial charge in [-0.15, -0.1) is 0 Å². The number of carbonyl (C=O) groups is 2. The molecule has 1 aromatic heterocycles. The van der Waals surface area contributed by atoms with Gasteiger partial charge in [-0.05, 0) is 38.1 Å². The van der Waals surface area contributed by atoms with E-state index in [9.17, 15) is 18.0 Å². The molecule has 2 N–H and O–H groups in total. The van der Waals surface area contributed by atoms with E-state index in [0.29, 0.717) is 16.9 Å². The molecule has 0 bridgehead atoms. The number of amides is 2. The first-order valence-electron chi connectivity index (χ1n) is 10.7. The van der Waals surface area contributed by atoms with E-state index in [-0.39, 0.29) is 43.5 Å². The van der Waals surface area contributed by atoms with Gasteiger partial charge in [0.25, 0.3) is 5.91 Å². The Morgan fingerprint density at radius 1 is 1.09 bits per heavy atom. The van der Waals surface area contributed by atoms with Crippen LogP contribution in [-0.4, -0.2) is 66.6 Å². The highest BCUT2D eigenvalue weighted by molar-refractivity contribution is 7.90. The van der Waals surface area contributed by atoms with Crippen LogP contribution in [0.25, 0.3) is 0 Å². The molecule has 0 spiro atoms. The minimum atomic E-state index is -3.93. The highest BCUT2D eigenvalue weighted by Gasteiger charge is 2.39. The zero-order valence-electron chi connectivity index (χ0n) is 19.2. The number of pyridine rings is 1. The maximum atomic E-state index is 13.8. The van der Waals surface area contributed by atoms with Crippen molar-refractivity contribution in [1.82, 2.24) is 25.0 Å². The second-order valence-electron chi connectivity index (χ2n) is 8.03. The van der Waals surface area contributed by atoms with E-state index in [0.717, 1.165) is 0 Å². The molecule has 0 radical (unpaired) electrons. The number of hydrogen-bond donors (Lipinski definition) is 2. The topological polar surface area (TPSA) is 115 Å². The van der Waals surface area contributed by atoms with Gasteiger partial charge in [-0.2, -0.15) is 12.7 Å². The second kappa shape index (κ2) is 10.3.